The Balaban J connectivity index is 1.67. The average molecular weight is 441 g/mol. The van der Waals surface area contributed by atoms with Gasteiger partial charge in [0.2, 0.25) is 5.91 Å². The van der Waals surface area contributed by atoms with E-state index in [1.165, 1.54) is 4.57 Å². The Morgan fingerprint density at radius 2 is 1.84 bits per heavy atom. The van der Waals surface area contributed by atoms with Crippen molar-refractivity contribution < 1.29 is 14.3 Å². The molecule has 2 aromatic carbocycles. The van der Waals surface area contributed by atoms with Gasteiger partial charge in [0.25, 0.3) is 5.56 Å². The van der Waals surface area contributed by atoms with E-state index in [1.807, 2.05) is 37.3 Å². The first-order chi connectivity index (χ1) is 15.0. The molecular formula is C22H24N4O4S. The summed E-state index contributed by atoms with van der Waals surface area (Å²) in [6.07, 6.45) is 0. The van der Waals surface area contributed by atoms with Gasteiger partial charge in [-0.05, 0) is 24.6 Å². The van der Waals surface area contributed by atoms with E-state index in [1.54, 1.807) is 31.4 Å². The zero-order chi connectivity index (χ0) is 22.2. The molecule has 8 nitrogen and oxygen atoms in total. The van der Waals surface area contributed by atoms with Crippen molar-refractivity contribution in [3.8, 4) is 0 Å². The molecule has 3 amide bonds. The van der Waals surface area contributed by atoms with E-state index in [0.717, 1.165) is 17.3 Å². The lowest BCUT2D eigenvalue weighted by Crippen LogP contribution is -2.40. The highest BCUT2D eigenvalue weighted by atomic mass is 32.2. The van der Waals surface area contributed by atoms with Crippen molar-refractivity contribution in [3.05, 3.63) is 70.5 Å². The molecule has 31 heavy (non-hydrogen) atoms. The summed E-state index contributed by atoms with van der Waals surface area (Å²) in [5, 5.41) is 5.83. The number of carbonyl (C=O) groups excluding carboxylic acids is 2. The van der Waals surface area contributed by atoms with E-state index in [4.69, 9.17) is 4.74 Å². The Morgan fingerprint density at radius 1 is 1.13 bits per heavy atom. The van der Waals surface area contributed by atoms with Crippen LogP contribution in [0.4, 0.5) is 4.79 Å². The molecule has 0 aliphatic heterocycles. The number of aromatic nitrogens is 2. The molecule has 0 fully saturated rings. The quantitative estimate of drug-likeness (QED) is 0.413. The van der Waals surface area contributed by atoms with Crippen LogP contribution >= 0.6 is 11.8 Å². The molecule has 0 radical (unpaired) electrons. The molecular weight excluding hydrogens is 416 g/mol. The van der Waals surface area contributed by atoms with Crippen molar-refractivity contribution in [1.29, 1.82) is 0 Å². The molecule has 1 heterocycles. The minimum Gasteiger partial charge on any atom is -0.383 e. The van der Waals surface area contributed by atoms with Crippen LogP contribution in [0.25, 0.3) is 10.9 Å². The van der Waals surface area contributed by atoms with Crippen LogP contribution < -0.4 is 16.2 Å². The number of hydrogen-bond acceptors (Lipinski definition) is 6. The van der Waals surface area contributed by atoms with Gasteiger partial charge in [0.1, 0.15) is 0 Å². The molecule has 0 aliphatic rings. The first kappa shape index (κ1) is 22.5. The molecule has 1 atom stereocenters. The van der Waals surface area contributed by atoms with Gasteiger partial charge in [0.05, 0.1) is 29.3 Å². The lowest BCUT2D eigenvalue weighted by Gasteiger charge is -2.18. The number of nitrogens with zero attached hydrogens (tertiary/aromatic N) is 2. The number of amides is 3. The zero-order valence-corrected chi connectivity index (χ0v) is 18.1. The van der Waals surface area contributed by atoms with Crippen molar-refractivity contribution in [2.45, 2.75) is 24.7 Å². The third kappa shape index (κ3) is 5.93. The van der Waals surface area contributed by atoms with Crippen LogP contribution in [-0.2, 0) is 16.1 Å². The summed E-state index contributed by atoms with van der Waals surface area (Å²) in [5.74, 6) is -0.549. The number of fused-ring (bicyclic) bond motifs is 1. The lowest BCUT2D eigenvalue weighted by molar-refractivity contribution is -0.117. The number of imide groups is 1. The van der Waals surface area contributed by atoms with Crippen molar-refractivity contribution in [1.82, 2.24) is 20.2 Å². The molecule has 0 spiro atoms. The molecule has 0 aliphatic carbocycles. The van der Waals surface area contributed by atoms with E-state index < -0.39 is 11.9 Å². The van der Waals surface area contributed by atoms with Crippen molar-refractivity contribution in [2.75, 3.05) is 19.5 Å². The first-order valence-corrected chi connectivity index (χ1v) is 10.7. The van der Waals surface area contributed by atoms with E-state index in [9.17, 15) is 14.4 Å². The third-order valence-electron chi connectivity index (χ3n) is 4.51. The van der Waals surface area contributed by atoms with Crippen LogP contribution in [0.15, 0.2) is 64.5 Å². The minimum atomic E-state index is -0.578. The van der Waals surface area contributed by atoms with Gasteiger partial charge in [-0.15, -0.1) is 0 Å². The molecule has 9 heteroatoms. The Morgan fingerprint density at radius 3 is 2.58 bits per heavy atom. The maximum absolute atomic E-state index is 13.0. The number of carbonyl (C=O) groups is 2. The summed E-state index contributed by atoms with van der Waals surface area (Å²) in [5.41, 5.74) is 1.28. The van der Waals surface area contributed by atoms with Crippen molar-refractivity contribution in [2.24, 2.45) is 0 Å². The molecule has 0 bridgehead atoms. The van der Waals surface area contributed by atoms with E-state index >= 15 is 0 Å². The van der Waals surface area contributed by atoms with Crippen LogP contribution in [0, 0.1) is 0 Å². The predicted molar refractivity (Wildman–Crippen MR) is 120 cm³/mol. The van der Waals surface area contributed by atoms with Crippen molar-refractivity contribution in [3.63, 3.8) is 0 Å². The second-order valence-corrected chi connectivity index (χ2v) is 7.84. The van der Waals surface area contributed by atoms with E-state index in [0.29, 0.717) is 29.2 Å². The van der Waals surface area contributed by atoms with Gasteiger partial charge in [-0.25, -0.2) is 9.78 Å². The molecule has 3 rings (SSSR count). The average Bonchev–Trinajstić information content (AvgIpc) is 2.77. The second-order valence-electron chi connectivity index (χ2n) is 6.90. The van der Waals surface area contributed by atoms with E-state index in [-0.39, 0.29) is 17.4 Å². The molecule has 3 aromatic rings. The standard InChI is InChI=1S/C22H24N4O4S/c1-15(13-30-2)26-20(28)17-10-6-7-11-18(17)24-22(26)31-14-19(27)25-21(29)23-12-16-8-4-3-5-9-16/h3-11,15H,12-14H2,1-2H3,(H2,23,25,27,29)/t15-/m1/s1. The number of thioether (sulfide) groups is 1. The zero-order valence-electron chi connectivity index (χ0n) is 17.3. The van der Waals surface area contributed by atoms with Gasteiger partial charge < -0.3 is 10.1 Å². The highest BCUT2D eigenvalue weighted by molar-refractivity contribution is 7.99. The van der Waals surface area contributed by atoms with Gasteiger partial charge in [0.15, 0.2) is 5.16 Å². The first-order valence-electron chi connectivity index (χ1n) is 9.74. The van der Waals surface area contributed by atoms with Crippen LogP contribution in [0.2, 0.25) is 0 Å². The molecule has 0 saturated heterocycles. The summed E-state index contributed by atoms with van der Waals surface area (Å²) >= 11 is 1.10. The number of urea groups is 1. The fourth-order valence-electron chi connectivity index (χ4n) is 3.05. The summed E-state index contributed by atoms with van der Waals surface area (Å²) in [4.78, 5) is 41.8. The highest BCUT2D eigenvalue weighted by Crippen LogP contribution is 2.21. The molecule has 2 N–H and O–H groups in total. The van der Waals surface area contributed by atoms with Crippen LogP contribution in [0.3, 0.4) is 0 Å². The molecule has 0 saturated carbocycles. The number of nitrogens with one attached hydrogen (secondary N) is 2. The Hall–Kier alpha value is -3.17. The fourth-order valence-corrected chi connectivity index (χ4v) is 3.94. The number of para-hydroxylation sites is 1. The maximum atomic E-state index is 13.0. The van der Waals surface area contributed by atoms with E-state index in [2.05, 4.69) is 15.6 Å². The Labute approximate surface area is 184 Å². The lowest BCUT2D eigenvalue weighted by atomic mass is 10.2. The molecule has 0 unspecified atom stereocenters. The normalized spacial score (nSPS) is 11.8. The van der Waals surface area contributed by atoms with Gasteiger partial charge in [0, 0.05) is 13.7 Å². The minimum absolute atomic E-state index is 0.0662. The topological polar surface area (TPSA) is 102 Å². The number of ether oxygens (including phenoxy) is 1. The summed E-state index contributed by atoms with van der Waals surface area (Å²) in [6, 6.07) is 15.6. The number of methoxy groups -OCH3 is 1. The second kappa shape index (κ2) is 10.7. The highest BCUT2D eigenvalue weighted by Gasteiger charge is 2.18. The van der Waals surface area contributed by atoms with Gasteiger partial charge >= 0.3 is 6.03 Å². The maximum Gasteiger partial charge on any atom is 0.321 e. The Bertz CT molecular complexity index is 1120. The third-order valence-corrected chi connectivity index (χ3v) is 5.46. The van der Waals surface area contributed by atoms with Gasteiger partial charge in [-0.2, -0.15) is 0 Å². The summed E-state index contributed by atoms with van der Waals surface area (Å²) in [7, 11) is 1.56. The summed E-state index contributed by atoms with van der Waals surface area (Å²) < 4.78 is 6.72. The van der Waals surface area contributed by atoms with Gasteiger partial charge in [-0.1, -0.05) is 54.2 Å². The van der Waals surface area contributed by atoms with Gasteiger partial charge in [-0.3, -0.25) is 19.5 Å². The van der Waals surface area contributed by atoms with Crippen molar-refractivity contribution >= 4 is 34.6 Å². The smallest absolute Gasteiger partial charge is 0.321 e. The van der Waals surface area contributed by atoms with Crippen LogP contribution in [0.5, 0.6) is 0 Å². The monoisotopic (exact) mass is 440 g/mol. The summed E-state index contributed by atoms with van der Waals surface area (Å²) in [6.45, 7) is 2.48. The molecule has 1 aromatic heterocycles. The number of hydrogen-bond donors (Lipinski definition) is 2. The van der Waals surface area contributed by atoms with Crippen LogP contribution in [0.1, 0.15) is 18.5 Å². The number of benzene rings is 2. The molecule has 162 valence electrons. The predicted octanol–water partition coefficient (Wildman–Crippen LogP) is 2.72. The fraction of sp³-hybridized carbons (Fsp3) is 0.273. The SMILES string of the molecule is COC[C@@H](C)n1c(SCC(=O)NC(=O)NCc2ccccc2)nc2ccccc2c1=O. The Kier molecular flexibility index (Phi) is 7.80. The largest absolute Gasteiger partial charge is 0.383 e. The number of rotatable bonds is 8. The van der Waals surface area contributed by atoms with Crippen LogP contribution in [-0.4, -0.2) is 41.0 Å².